The van der Waals surface area contributed by atoms with E-state index < -0.39 is 12.0 Å². The quantitative estimate of drug-likeness (QED) is 0.834. The summed E-state index contributed by atoms with van der Waals surface area (Å²) in [7, 11) is 1.83. The highest BCUT2D eigenvalue weighted by Crippen LogP contribution is 2.13. The average Bonchev–Trinajstić information content (AvgIpc) is 2.76. The topological polar surface area (TPSA) is 67.2 Å². The fourth-order valence-corrected chi connectivity index (χ4v) is 1.78. The van der Waals surface area contributed by atoms with Gasteiger partial charge in [-0.3, -0.25) is 14.8 Å². The Bertz CT molecular complexity index is 522. The van der Waals surface area contributed by atoms with Crippen molar-refractivity contribution < 1.29 is 9.90 Å². The Balaban J connectivity index is 2.06. The minimum atomic E-state index is -0.884. The molecule has 5 heteroatoms. The molecule has 0 aliphatic heterocycles. The lowest BCUT2D eigenvalue weighted by atomic mass is 10.1. The first-order valence-corrected chi connectivity index (χ1v) is 5.65. The number of aryl methyl sites for hydroxylation is 1. The second-order valence-corrected chi connectivity index (χ2v) is 4.09. The summed E-state index contributed by atoms with van der Waals surface area (Å²) in [5.41, 5.74) is 1.70. The molecule has 1 unspecified atom stereocenters. The fourth-order valence-electron chi connectivity index (χ4n) is 1.78. The Morgan fingerprint density at radius 3 is 2.72 bits per heavy atom. The highest BCUT2D eigenvalue weighted by molar-refractivity contribution is 5.75. The molecule has 2 rings (SSSR count). The second-order valence-electron chi connectivity index (χ2n) is 4.09. The molecule has 0 fully saturated rings. The first kappa shape index (κ1) is 12.3. The Morgan fingerprint density at radius 1 is 1.44 bits per heavy atom. The van der Waals surface area contributed by atoms with Crippen molar-refractivity contribution in [1.29, 1.82) is 0 Å². The SMILES string of the molecule is Cn1cc(CNC(C(=O)O)c2ccccc2)cn1. The van der Waals surface area contributed by atoms with Crippen LogP contribution in [0.2, 0.25) is 0 Å². The van der Waals surface area contributed by atoms with Gasteiger partial charge in [-0.1, -0.05) is 30.3 Å². The van der Waals surface area contributed by atoms with Crippen molar-refractivity contribution in [3.63, 3.8) is 0 Å². The number of aromatic nitrogens is 2. The van der Waals surface area contributed by atoms with Crippen molar-refractivity contribution in [3.05, 3.63) is 53.9 Å². The smallest absolute Gasteiger partial charge is 0.325 e. The molecule has 18 heavy (non-hydrogen) atoms. The van der Waals surface area contributed by atoms with Gasteiger partial charge < -0.3 is 5.11 Å². The van der Waals surface area contributed by atoms with Crippen molar-refractivity contribution in [2.24, 2.45) is 7.05 Å². The van der Waals surface area contributed by atoms with Gasteiger partial charge in [0.25, 0.3) is 0 Å². The monoisotopic (exact) mass is 245 g/mol. The zero-order chi connectivity index (χ0) is 13.0. The molecule has 5 nitrogen and oxygen atoms in total. The summed E-state index contributed by atoms with van der Waals surface area (Å²) in [6.45, 7) is 0.472. The summed E-state index contributed by atoms with van der Waals surface area (Å²) < 4.78 is 1.69. The summed E-state index contributed by atoms with van der Waals surface area (Å²) in [4.78, 5) is 11.2. The van der Waals surface area contributed by atoms with E-state index in [-0.39, 0.29) is 0 Å². The standard InChI is InChI=1S/C13H15N3O2/c1-16-9-10(8-15-16)7-14-12(13(17)18)11-5-3-2-4-6-11/h2-6,8-9,12,14H,7H2,1H3,(H,17,18). The maximum absolute atomic E-state index is 11.2. The first-order chi connectivity index (χ1) is 8.66. The first-order valence-electron chi connectivity index (χ1n) is 5.65. The van der Waals surface area contributed by atoms with Gasteiger partial charge in [0.2, 0.25) is 0 Å². The van der Waals surface area contributed by atoms with E-state index in [0.29, 0.717) is 6.54 Å². The number of hydrogen-bond acceptors (Lipinski definition) is 3. The van der Waals surface area contributed by atoms with Gasteiger partial charge in [-0.25, -0.2) is 0 Å². The average molecular weight is 245 g/mol. The van der Waals surface area contributed by atoms with Crippen LogP contribution in [-0.2, 0) is 18.4 Å². The number of nitrogens with one attached hydrogen (secondary N) is 1. The van der Waals surface area contributed by atoms with Crippen LogP contribution in [0, 0.1) is 0 Å². The lowest BCUT2D eigenvalue weighted by Gasteiger charge is -2.13. The molecule has 1 aromatic heterocycles. The van der Waals surface area contributed by atoms with Crippen molar-refractivity contribution >= 4 is 5.97 Å². The predicted octanol–water partition coefficient (Wildman–Crippen LogP) is 1.34. The van der Waals surface area contributed by atoms with Crippen molar-refractivity contribution in [1.82, 2.24) is 15.1 Å². The molecule has 0 saturated carbocycles. The largest absolute Gasteiger partial charge is 0.480 e. The Labute approximate surface area is 105 Å². The summed E-state index contributed by atoms with van der Waals surface area (Å²) in [6, 6.07) is 8.42. The molecule has 1 aromatic carbocycles. The van der Waals surface area contributed by atoms with E-state index in [1.165, 1.54) is 0 Å². The maximum Gasteiger partial charge on any atom is 0.325 e. The van der Waals surface area contributed by atoms with Crippen LogP contribution >= 0.6 is 0 Å². The van der Waals surface area contributed by atoms with Crippen LogP contribution in [0.4, 0.5) is 0 Å². The van der Waals surface area contributed by atoms with Crippen molar-refractivity contribution in [3.8, 4) is 0 Å². The third-order valence-electron chi connectivity index (χ3n) is 2.65. The molecular formula is C13H15N3O2. The molecule has 0 bridgehead atoms. The molecule has 0 aliphatic rings. The maximum atomic E-state index is 11.2. The van der Waals surface area contributed by atoms with Gasteiger partial charge in [0.1, 0.15) is 6.04 Å². The molecule has 0 radical (unpaired) electrons. The molecular weight excluding hydrogens is 230 g/mol. The summed E-state index contributed by atoms with van der Waals surface area (Å²) in [5, 5.41) is 16.3. The van der Waals surface area contributed by atoms with E-state index in [9.17, 15) is 9.90 Å². The normalized spacial score (nSPS) is 12.3. The van der Waals surface area contributed by atoms with Crippen LogP contribution in [0.15, 0.2) is 42.7 Å². The second kappa shape index (κ2) is 5.46. The van der Waals surface area contributed by atoms with E-state index in [1.807, 2.05) is 31.4 Å². The number of nitrogens with zero attached hydrogens (tertiary/aromatic N) is 2. The molecule has 0 spiro atoms. The highest BCUT2D eigenvalue weighted by Gasteiger charge is 2.18. The van der Waals surface area contributed by atoms with Gasteiger partial charge >= 0.3 is 5.97 Å². The molecule has 2 N–H and O–H groups in total. The highest BCUT2D eigenvalue weighted by atomic mass is 16.4. The van der Waals surface area contributed by atoms with Crippen LogP contribution in [0.25, 0.3) is 0 Å². The van der Waals surface area contributed by atoms with Gasteiger partial charge in [0.05, 0.1) is 6.20 Å². The minimum absolute atomic E-state index is 0.472. The zero-order valence-corrected chi connectivity index (χ0v) is 10.1. The molecule has 0 saturated heterocycles. The van der Waals surface area contributed by atoms with Gasteiger partial charge in [0.15, 0.2) is 0 Å². The third kappa shape index (κ3) is 2.95. The van der Waals surface area contributed by atoms with E-state index in [4.69, 9.17) is 0 Å². The van der Waals surface area contributed by atoms with Gasteiger partial charge in [-0.05, 0) is 5.56 Å². The lowest BCUT2D eigenvalue weighted by molar-refractivity contribution is -0.139. The molecule has 1 heterocycles. The number of carboxylic acid groups (broad SMARTS) is 1. The van der Waals surface area contributed by atoms with E-state index in [2.05, 4.69) is 10.4 Å². The molecule has 0 amide bonds. The number of hydrogen-bond donors (Lipinski definition) is 2. The van der Waals surface area contributed by atoms with Gasteiger partial charge in [-0.2, -0.15) is 5.10 Å². The number of rotatable bonds is 5. The lowest BCUT2D eigenvalue weighted by Crippen LogP contribution is -2.27. The van der Waals surface area contributed by atoms with Crippen molar-refractivity contribution in [2.45, 2.75) is 12.6 Å². The van der Waals surface area contributed by atoms with Crippen LogP contribution in [0.3, 0.4) is 0 Å². The predicted molar refractivity (Wildman–Crippen MR) is 66.9 cm³/mol. The van der Waals surface area contributed by atoms with E-state index in [0.717, 1.165) is 11.1 Å². The van der Waals surface area contributed by atoms with Crippen LogP contribution < -0.4 is 5.32 Å². The number of benzene rings is 1. The molecule has 0 aliphatic carbocycles. The Morgan fingerprint density at radius 2 is 2.17 bits per heavy atom. The Hall–Kier alpha value is -2.14. The van der Waals surface area contributed by atoms with Gasteiger partial charge in [-0.15, -0.1) is 0 Å². The molecule has 1 atom stereocenters. The number of carboxylic acids is 1. The van der Waals surface area contributed by atoms with E-state index in [1.54, 1.807) is 23.0 Å². The third-order valence-corrected chi connectivity index (χ3v) is 2.65. The number of aliphatic carboxylic acids is 1. The fraction of sp³-hybridized carbons (Fsp3) is 0.231. The summed E-state index contributed by atoms with van der Waals surface area (Å²) in [5.74, 6) is -0.884. The number of carbonyl (C=O) groups is 1. The Kier molecular flexibility index (Phi) is 3.74. The van der Waals surface area contributed by atoms with E-state index >= 15 is 0 Å². The molecule has 94 valence electrons. The van der Waals surface area contributed by atoms with Gasteiger partial charge in [0, 0.05) is 25.4 Å². The van der Waals surface area contributed by atoms with Crippen LogP contribution in [0.5, 0.6) is 0 Å². The van der Waals surface area contributed by atoms with Crippen LogP contribution in [-0.4, -0.2) is 20.9 Å². The summed E-state index contributed by atoms with van der Waals surface area (Å²) in [6.07, 6.45) is 3.58. The zero-order valence-electron chi connectivity index (χ0n) is 10.1. The minimum Gasteiger partial charge on any atom is -0.480 e. The van der Waals surface area contributed by atoms with Crippen molar-refractivity contribution in [2.75, 3.05) is 0 Å². The summed E-state index contributed by atoms with van der Waals surface area (Å²) >= 11 is 0. The van der Waals surface area contributed by atoms with Crippen LogP contribution in [0.1, 0.15) is 17.2 Å². The molecule has 2 aromatic rings.